The molecule has 1 N–H and O–H groups in total. The van der Waals surface area contributed by atoms with Crippen molar-refractivity contribution in [1.29, 1.82) is 0 Å². The smallest absolute Gasteiger partial charge is 0.194 e. The van der Waals surface area contributed by atoms with Gasteiger partial charge in [-0.3, -0.25) is 4.99 Å². The minimum Gasteiger partial charge on any atom is -0.376 e. The third-order valence-electron chi connectivity index (χ3n) is 5.45. The monoisotopic (exact) mass is 490 g/mol. The zero-order chi connectivity index (χ0) is 18.2. The van der Waals surface area contributed by atoms with Crippen LogP contribution in [0.3, 0.4) is 0 Å². The van der Waals surface area contributed by atoms with Gasteiger partial charge in [0.25, 0.3) is 0 Å². The van der Waals surface area contributed by atoms with Crippen LogP contribution < -0.4 is 5.32 Å². The Morgan fingerprint density at radius 3 is 2.81 bits per heavy atom. The van der Waals surface area contributed by atoms with Gasteiger partial charge in [0.2, 0.25) is 0 Å². The Morgan fingerprint density at radius 1 is 1.30 bits per heavy atom. The molecule has 0 aliphatic carbocycles. The van der Waals surface area contributed by atoms with E-state index in [0.717, 1.165) is 69.9 Å². The van der Waals surface area contributed by atoms with E-state index < -0.39 is 0 Å². The quantitative estimate of drug-likeness (QED) is 0.378. The number of nitrogens with one attached hydrogen (secondary N) is 1. The van der Waals surface area contributed by atoms with Gasteiger partial charge in [-0.2, -0.15) is 0 Å². The Bertz CT molecular complexity index is 564. The van der Waals surface area contributed by atoms with E-state index >= 15 is 0 Å². The number of ether oxygens (including phenoxy) is 1. The van der Waals surface area contributed by atoms with Crippen LogP contribution >= 0.6 is 24.0 Å². The molecule has 8 heteroatoms. The lowest BCUT2D eigenvalue weighted by atomic mass is 9.99. The first-order valence-corrected chi connectivity index (χ1v) is 10.3. The van der Waals surface area contributed by atoms with E-state index in [9.17, 15) is 0 Å². The molecular weight excluding hydrogens is 455 g/mol. The highest BCUT2D eigenvalue weighted by molar-refractivity contribution is 14.0. The molecule has 1 unspecified atom stereocenters. The van der Waals surface area contributed by atoms with Gasteiger partial charge in [0.15, 0.2) is 5.96 Å². The van der Waals surface area contributed by atoms with Crippen molar-refractivity contribution in [1.82, 2.24) is 25.0 Å². The fourth-order valence-electron chi connectivity index (χ4n) is 3.66. The number of likely N-dealkylation sites (tertiary alicyclic amines) is 1. The summed E-state index contributed by atoms with van der Waals surface area (Å²) in [6, 6.07) is 0. The summed E-state index contributed by atoms with van der Waals surface area (Å²) in [6.07, 6.45) is 9.08. The average Bonchev–Trinajstić information content (AvgIpc) is 3.13. The molecule has 2 aliphatic heterocycles. The molecule has 3 heterocycles. The number of nitrogens with zero attached hydrogens (tertiary/aromatic N) is 5. The second-order valence-corrected chi connectivity index (χ2v) is 7.54. The van der Waals surface area contributed by atoms with Gasteiger partial charge >= 0.3 is 0 Å². The van der Waals surface area contributed by atoms with Crippen LogP contribution in [0.25, 0.3) is 0 Å². The first-order valence-electron chi connectivity index (χ1n) is 10.3. The molecule has 1 aromatic rings. The molecule has 1 atom stereocenters. The fourth-order valence-corrected chi connectivity index (χ4v) is 3.66. The van der Waals surface area contributed by atoms with Crippen LogP contribution in [0.4, 0.5) is 0 Å². The lowest BCUT2D eigenvalue weighted by molar-refractivity contribution is 0.0222. The summed E-state index contributed by atoms with van der Waals surface area (Å²) in [5, 5.41) is 11.7. The number of aliphatic imine (C=N–C) groups is 1. The second kappa shape index (κ2) is 11.8. The van der Waals surface area contributed by atoms with Gasteiger partial charge in [-0.1, -0.05) is 13.8 Å². The molecule has 0 aromatic carbocycles. The standard InChI is InChI=1S/C19H34N6O.HI/c1-3-18-23-22-15-25(18)12-9-20-19(24-10-7-16(2)8-11-24)21-14-17-6-4-5-13-26-17;/h15-17H,3-14H2,1-2H3,(H,20,21);1H. The number of aryl methyl sites for hydroxylation is 1. The predicted molar refractivity (Wildman–Crippen MR) is 119 cm³/mol. The van der Waals surface area contributed by atoms with E-state index in [1.807, 2.05) is 6.33 Å². The highest BCUT2D eigenvalue weighted by atomic mass is 127. The number of halogens is 1. The Morgan fingerprint density at radius 2 is 2.11 bits per heavy atom. The lowest BCUT2D eigenvalue weighted by Crippen LogP contribution is -2.46. The van der Waals surface area contributed by atoms with Crippen LogP contribution in [0.2, 0.25) is 0 Å². The highest BCUT2D eigenvalue weighted by Gasteiger charge is 2.20. The maximum Gasteiger partial charge on any atom is 0.194 e. The number of hydrogen-bond donors (Lipinski definition) is 1. The molecule has 0 amide bonds. The molecule has 2 fully saturated rings. The Labute approximate surface area is 180 Å². The SMILES string of the molecule is CCc1nncn1CCNC(=NCC1CCCCO1)N1CCC(C)CC1.I. The van der Waals surface area contributed by atoms with E-state index in [-0.39, 0.29) is 30.1 Å². The summed E-state index contributed by atoms with van der Waals surface area (Å²) in [5.41, 5.74) is 0. The van der Waals surface area contributed by atoms with Gasteiger partial charge in [-0.05, 0) is 38.0 Å². The van der Waals surface area contributed by atoms with E-state index in [1.54, 1.807) is 0 Å². The highest BCUT2D eigenvalue weighted by Crippen LogP contribution is 2.17. The number of hydrogen-bond acceptors (Lipinski definition) is 4. The van der Waals surface area contributed by atoms with E-state index in [2.05, 4.69) is 38.8 Å². The minimum atomic E-state index is 0. The zero-order valence-corrected chi connectivity index (χ0v) is 19.1. The van der Waals surface area contributed by atoms with Gasteiger partial charge in [0.1, 0.15) is 12.2 Å². The molecule has 7 nitrogen and oxygen atoms in total. The van der Waals surface area contributed by atoms with Crippen LogP contribution in [-0.2, 0) is 17.7 Å². The summed E-state index contributed by atoms with van der Waals surface area (Å²) in [7, 11) is 0. The van der Waals surface area contributed by atoms with Crippen molar-refractivity contribution in [3.63, 3.8) is 0 Å². The normalized spacial score (nSPS) is 21.8. The van der Waals surface area contributed by atoms with Crippen LogP contribution in [-0.4, -0.2) is 64.5 Å². The summed E-state index contributed by atoms with van der Waals surface area (Å²) < 4.78 is 7.97. The fraction of sp³-hybridized carbons (Fsp3) is 0.842. The summed E-state index contributed by atoms with van der Waals surface area (Å²) in [6.45, 7) is 9.98. The van der Waals surface area contributed by atoms with Gasteiger partial charge in [0, 0.05) is 39.2 Å². The number of piperidine rings is 1. The average molecular weight is 490 g/mol. The van der Waals surface area contributed by atoms with Gasteiger partial charge in [0.05, 0.1) is 12.6 Å². The van der Waals surface area contributed by atoms with Crippen LogP contribution in [0.15, 0.2) is 11.3 Å². The molecule has 0 bridgehead atoms. The largest absolute Gasteiger partial charge is 0.376 e. The Hall–Kier alpha value is -0.900. The molecule has 1 aromatic heterocycles. The molecular formula is C19H35IN6O. The van der Waals surface area contributed by atoms with Crippen LogP contribution in [0, 0.1) is 5.92 Å². The molecule has 2 saturated heterocycles. The summed E-state index contributed by atoms with van der Waals surface area (Å²) in [5.74, 6) is 2.89. The molecule has 0 spiro atoms. The Balaban J connectivity index is 0.00000261. The van der Waals surface area contributed by atoms with Gasteiger partial charge in [-0.15, -0.1) is 34.2 Å². The molecule has 0 saturated carbocycles. The zero-order valence-electron chi connectivity index (χ0n) is 16.8. The number of rotatable bonds is 6. The topological polar surface area (TPSA) is 67.6 Å². The van der Waals surface area contributed by atoms with Crippen molar-refractivity contribution < 1.29 is 4.74 Å². The molecule has 2 aliphatic rings. The van der Waals surface area contributed by atoms with E-state index in [0.29, 0.717) is 0 Å². The Kier molecular flexibility index (Phi) is 9.81. The number of guanidine groups is 1. The van der Waals surface area contributed by atoms with Gasteiger partial charge in [-0.25, -0.2) is 0 Å². The molecule has 154 valence electrons. The van der Waals surface area contributed by atoms with Crippen molar-refractivity contribution in [2.45, 2.75) is 65.0 Å². The third-order valence-corrected chi connectivity index (χ3v) is 5.45. The third kappa shape index (κ3) is 6.89. The van der Waals surface area contributed by atoms with Crippen molar-refractivity contribution in [3.8, 4) is 0 Å². The van der Waals surface area contributed by atoms with Crippen LogP contribution in [0.1, 0.15) is 51.8 Å². The van der Waals surface area contributed by atoms with Gasteiger partial charge < -0.3 is 19.5 Å². The van der Waals surface area contributed by atoms with Crippen molar-refractivity contribution >= 4 is 29.9 Å². The number of aromatic nitrogens is 3. The lowest BCUT2D eigenvalue weighted by Gasteiger charge is -2.33. The first-order chi connectivity index (χ1) is 12.8. The van der Waals surface area contributed by atoms with Crippen molar-refractivity contribution in [2.24, 2.45) is 10.9 Å². The van der Waals surface area contributed by atoms with Crippen molar-refractivity contribution in [3.05, 3.63) is 12.2 Å². The van der Waals surface area contributed by atoms with E-state index in [4.69, 9.17) is 9.73 Å². The van der Waals surface area contributed by atoms with Crippen LogP contribution in [0.5, 0.6) is 0 Å². The second-order valence-electron chi connectivity index (χ2n) is 7.54. The predicted octanol–water partition coefficient (Wildman–Crippen LogP) is 2.71. The first kappa shape index (κ1) is 22.4. The van der Waals surface area contributed by atoms with E-state index in [1.165, 1.54) is 25.7 Å². The molecule has 27 heavy (non-hydrogen) atoms. The maximum atomic E-state index is 5.85. The van der Waals surface area contributed by atoms with Crippen molar-refractivity contribution in [2.75, 3.05) is 32.8 Å². The summed E-state index contributed by atoms with van der Waals surface area (Å²) in [4.78, 5) is 7.34. The minimum absolute atomic E-state index is 0. The molecule has 0 radical (unpaired) electrons. The summed E-state index contributed by atoms with van der Waals surface area (Å²) >= 11 is 0. The molecule has 3 rings (SSSR count). The maximum absolute atomic E-state index is 5.85.